The number of fused-ring (bicyclic) bond motifs is 1. The summed E-state index contributed by atoms with van der Waals surface area (Å²) in [6.45, 7) is 0.358. The van der Waals surface area contributed by atoms with Crippen molar-refractivity contribution in [2.24, 2.45) is 0 Å². The van der Waals surface area contributed by atoms with Crippen LogP contribution in [0, 0.1) is 0 Å². The Bertz CT molecular complexity index is 792. The lowest BCUT2D eigenvalue weighted by atomic mass is 10.0. The van der Waals surface area contributed by atoms with E-state index in [1.807, 2.05) is 0 Å². The smallest absolute Gasteiger partial charge is 0.323 e. The van der Waals surface area contributed by atoms with Gasteiger partial charge in [0.05, 0.1) is 12.1 Å². The maximum Gasteiger partial charge on any atom is 0.323 e. The van der Waals surface area contributed by atoms with Crippen LogP contribution in [0.4, 0.5) is 10.6 Å². The standard InChI is InChI=1S/C15H12ClN3O3/c1-19-7-9-4-8(6-17-14(9)18-15(19)22)13(21)11-5-10(16)2-3-12(11)20/h2-6,20H,7H2,1H3,(H,17,18,22). The second-order valence-electron chi connectivity index (χ2n) is 5.01. The van der Waals surface area contributed by atoms with E-state index < -0.39 is 0 Å². The molecule has 1 aromatic carbocycles. The number of ketones is 1. The minimum atomic E-state index is -0.380. The van der Waals surface area contributed by atoms with Crippen LogP contribution in [-0.4, -0.2) is 33.9 Å². The first-order valence-corrected chi connectivity index (χ1v) is 6.88. The van der Waals surface area contributed by atoms with E-state index in [-0.39, 0.29) is 23.1 Å². The van der Waals surface area contributed by atoms with E-state index in [0.717, 1.165) is 5.56 Å². The first kappa shape index (κ1) is 14.3. The van der Waals surface area contributed by atoms with Crippen molar-refractivity contribution in [1.82, 2.24) is 9.88 Å². The molecule has 0 spiro atoms. The molecule has 7 heteroatoms. The zero-order chi connectivity index (χ0) is 15.9. The second-order valence-corrected chi connectivity index (χ2v) is 5.44. The van der Waals surface area contributed by atoms with Crippen LogP contribution >= 0.6 is 11.6 Å². The number of carbonyl (C=O) groups is 2. The summed E-state index contributed by atoms with van der Waals surface area (Å²) in [5, 5.41) is 12.8. The maximum atomic E-state index is 12.5. The molecule has 1 aromatic heterocycles. The van der Waals surface area contributed by atoms with Gasteiger partial charge in [-0.3, -0.25) is 10.1 Å². The quantitative estimate of drug-likeness (QED) is 0.834. The van der Waals surface area contributed by atoms with Gasteiger partial charge in [0, 0.05) is 29.4 Å². The number of halogens is 1. The first-order chi connectivity index (χ1) is 10.5. The van der Waals surface area contributed by atoms with Gasteiger partial charge in [0.1, 0.15) is 11.6 Å². The molecule has 0 aliphatic carbocycles. The van der Waals surface area contributed by atoms with E-state index in [0.29, 0.717) is 22.9 Å². The van der Waals surface area contributed by atoms with Crippen LogP contribution in [0.15, 0.2) is 30.5 Å². The average molecular weight is 318 g/mol. The molecule has 2 amide bonds. The Morgan fingerprint density at radius 1 is 1.41 bits per heavy atom. The third kappa shape index (κ3) is 2.48. The summed E-state index contributed by atoms with van der Waals surface area (Å²) in [6.07, 6.45) is 1.37. The molecular weight excluding hydrogens is 306 g/mol. The third-order valence-electron chi connectivity index (χ3n) is 3.41. The van der Waals surface area contributed by atoms with Gasteiger partial charge < -0.3 is 10.0 Å². The predicted octanol–water partition coefficient (Wildman–Crippen LogP) is 2.65. The van der Waals surface area contributed by atoms with Crippen LogP contribution in [0.1, 0.15) is 21.5 Å². The maximum absolute atomic E-state index is 12.5. The summed E-state index contributed by atoms with van der Waals surface area (Å²) in [5.41, 5.74) is 1.16. The van der Waals surface area contributed by atoms with Crippen molar-refractivity contribution in [1.29, 1.82) is 0 Å². The predicted molar refractivity (Wildman–Crippen MR) is 81.3 cm³/mol. The molecule has 0 saturated heterocycles. The van der Waals surface area contributed by atoms with Gasteiger partial charge in [0.15, 0.2) is 5.78 Å². The minimum absolute atomic E-state index is 0.113. The van der Waals surface area contributed by atoms with E-state index >= 15 is 0 Å². The topological polar surface area (TPSA) is 82.5 Å². The molecule has 2 N–H and O–H groups in total. The fourth-order valence-corrected chi connectivity index (χ4v) is 2.41. The number of phenols is 1. The van der Waals surface area contributed by atoms with Crippen molar-refractivity contribution in [3.05, 3.63) is 52.2 Å². The van der Waals surface area contributed by atoms with Gasteiger partial charge in [-0.25, -0.2) is 9.78 Å². The lowest BCUT2D eigenvalue weighted by molar-refractivity contribution is 0.103. The van der Waals surface area contributed by atoms with Crippen LogP contribution in [-0.2, 0) is 6.54 Å². The number of carbonyl (C=O) groups excluding carboxylic acids is 2. The molecule has 1 aliphatic rings. The Morgan fingerprint density at radius 2 is 2.18 bits per heavy atom. The zero-order valence-corrected chi connectivity index (χ0v) is 12.4. The van der Waals surface area contributed by atoms with Crippen molar-refractivity contribution >= 4 is 29.2 Å². The summed E-state index contributed by atoms with van der Waals surface area (Å²) >= 11 is 5.87. The van der Waals surface area contributed by atoms with Crippen LogP contribution in [0.2, 0.25) is 5.02 Å². The van der Waals surface area contributed by atoms with Crippen molar-refractivity contribution in [2.45, 2.75) is 6.54 Å². The number of rotatable bonds is 2. The Labute approximate surface area is 131 Å². The van der Waals surface area contributed by atoms with Crippen molar-refractivity contribution < 1.29 is 14.7 Å². The van der Waals surface area contributed by atoms with Crippen LogP contribution in [0.25, 0.3) is 0 Å². The molecule has 0 atom stereocenters. The molecule has 0 radical (unpaired) electrons. The largest absolute Gasteiger partial charge is 0.507 e. The Kier molecular flexibility index (Phi) is 3.46. The molecule has 1 aliphatic heterocycles. The van der Waals surface area contributed by atoms with Crippen molar-refractivity contribution in [3.63, 3.8) is 0 Å². The van der Waals surface area contributed by atoms with E-state index in [1.54, 1.807) is 13.1 Å². The van der Waals surface area contributed by atoms with E-state index in [2.05, 4.69) is 10.3 Å². The minimum Gasteiger partial charge on any atom is -0.507 e. The second kappa shape index (κ2) is 5.31. The molecule has 22 heavy (non-hydrogen) atoms. The molecule has 6 nitrogen and oxygen atoms in total. The van der Waals surface area contributed by atoms with Crippen LogP contribution in [0.3, 0.4) is 0 Å². The number of aromatic hydroxyl groups is 1. The highest BCUT2D eigenvalue weighted by Crippen LogP contribution is 2.26. The zero-order valence-electron chi connectivity index (χ0n) is 11.6. The number of nitrogens with one attached hydrogen (secondary N) is 1. The SMILES string of the molecule is CN1Cc2cc(C(=O)c3cc(Cl)ccc3O)cnc2NC1=O. The number of aromatic nitrogens is 1. The fourth-order valence-electron chi connectivity index (χ4n) is 2.24. The lowest BCUT2D eigenvalue weighted by Gasteiger charge is -2.25. The average Bonchev–Trinajstić information content (AvgIpc) is 2.50. The number of hydrogen-bond donors (Lipinski definition) is 2. The van der Waals surface area contributed by atoms with Crippen molar-refractivity contribution in [2.75, 3.05) is 12.4 Å². The van der Waals surface area contributed by atoms with Gasteiger partial charge in [-0.1, -0.05) is 11.6 Å². The number of pyridine rings is 1. The number of hydrogen-bond acceptors (Lipinski definition) is 4. The molecule has 0 fully saturated rings. The fraction of sp³-hybridized carbons (Fsp3) is 0.133. The molecule has 112 valence electrons. The van der Waals surface area contributed by atoms with Gasteiger partial charge in [-0.15, -0.1) is 0 Å². The van der Waals surface area contributed by atoms with Crippen LogP contribution in [0.5, 0.6) is 5.75 Å². The summed E-state index contributed by atoms with van der Waals surface area (Å²) in [5.74, 6) is -0.0811. The van der Waals surface area contributed by atoms with Crippen LogP contribution < -0.4 is 5.32 Å². The molecule has 2 heterocycles. The molecule has 2 aromatic rings. The normalized spacial score (nSPS) is 13.5. The van der Waals surface area contributed by atoms with Gasteiger partial charge in [0.25, 0.3) is 0 Å². The van der Waals surface area contributed by atoms with Crippen molar-refractivity contribution in [3.8, 4) is 5.75 Å². The number of amides is 2. The van der Waals surface area contributed by atoms with Gasteiger partial charge in [0.2, 0.25) is 0 Å². The molecule has 3 rings (SSSR count). The van der Waals surface area contributed by atoms with Gasteiger partial charge >= 0.3 is 6.03 Å². The first-order valence-electron chi connectivity index (χ1n) is 6.50. The summed E-state index contributed by atoms with van der Waals surface area (Å²) < 4.78 is 0. The molecule has 0 bridgehead atoms. The molecule has 0 unspecified atom stereocenters. The number of anilines is 1. The molecular formula is C15H12ClN3O3. The highest BCUT2D eigenvalue weighted by atomic mass is 35.5. The van der Waals surface area contributed by atoms with Gasteiger partial charge in [-0.2, -0.15) is 0 Å². The number of phenolic OH excluding ortho intramolecular Hbond substituents is 1. The number of benzene rings is 1. The Balaban J connectivity index is 1.99. The molecule has 0 saturated carbocycles. The highest BCUT2D eigenvalue weighted by molar-refractivity contribution is 6.31. The van der Waals surface area contributed by atoms with E-state index in [9.17, 15) is 14.7 Å². The third-order valence-corrected chi connectivity index (χ3v) is 3.65. The van der Waals surface area contributed by atoms with E-state index in [4.69, 9.17) is 11.6 Å². The summed E-state index contributed by atoms with van der Waals surface area (Å²) in [7, 11) is 1.65. The Hall–Kier alpha value is -2.60. The summed E-state index contributed by atoms with van der Waals surface area (Å²) in [6, 6.07) is 5.69. The van der Waals surface area contributed by atoms with Gasteiger partial charge in [-0.05, 0) is 24.3 Å². The monoisotopic (exact) mass is 317 g/mol. The lowest BCUT2D eigenvalue weighted by Crippen LogP contribution is -2.36. The number of nitrogens with zero attached hydrogens (tertiary/aromatic N) is 2. The van der Waals surface area contributed by atoms with E-state index in [1.165, 1.54) is 29.3 Å². The summed E-state index contributed by atoms with van der Waals surface area (Å²) in [4.78, 5) is 29.6. The highest BCUT2D eigenvalue weighted by Gasteiger charge is 2.22. The Morgan fingerprint density at radius 3 is 2.95 bits per heavy atom. The number of urea groups is 1.